The van der Waals surface area contributed by atoms with Crippen LogP contribution in [0.25, 0.3) is 0 Å². The molecule has 0 aromatic heterocycles. The van der Waals surface area contributed by atoms with Crippen molar-refractivity contribution in [2.24, 2.45) is 16.6 Å². The highest BCUT2D eigenvalue weighted by molar-refractivity contribution is 5.80. The van der Waals surface area contributed by atoms with Crippen molar-refractivity contribution in [3.8, 4) is 5.75 Å². The number of unbranched alkanes of at least 4 members (excludes halogenated alkanes) is 1. The molecular weight excluding hydrogens is 347 g/mol. The van der Waals surface area contributed by atoms with Gasteiger partial charge in [-0.25, -0.2) is 4.39 Å². The van der Waals surface area contributed by atoms with Gasteiger partial charge in [-0.05, 0) is 62.8 Å². The van der Waals surface area contributed by atoms with Gasteiger partial charge in [-0.3, -0.25) is 9.79 Å². The first-order chi connectivity index (χ1) is 13.1. The lowest BCUT2D eigenvalue weighted by molar-refractivity contribution is -0.119. The molecule has 6 nitrogen and oxygen atoms in total. The van der Waals surface area contributed by atoms with Crippen LogP contribution in [0, 0.1) is 11.7 Å². The SMILES string of the molecule is CCNC(=NCCCCOc1ccc(F)cc1)N1CCCC(CC(N)=O)C1. The normalized spacial score (nSPS) is 17.6. The summed E-state index contributed by atoms with van der Waals surface area (Å²) in [4.78, 5) is 18.1. The Morgan fingerprint density at radius 1 is 1.37 bits per heavy atom. The summed E-state index contributed by atoms with van der Waals surface area (Å²) in [5.74, 6) is 1.41. The van der Waals surface area contributed by atoms with E-state index in [1.54, 1.807) is 12.1 Å². The highest BCUT2D eigenvalue weighted by atomic mass is 19.1. The van der Waals surface area contributed by atoms with Crippen LogP contribution in [-0.2, 0) is 4.79 Å². The molecule has 2 rings (SSSR count). The molecule has 7 heteroatoms. The predicted molar refractivity (Wildman–Crippen MR) is 105 cm³/mol. The fraction of sp³-hybridized carbons (Fsp3) is 0.600. The van der Waals surface area contributed by atoms with Crippen molar-refractivity contribution in [1.29, 1.82) is 0 Å². The van der Waals surface area contributed by atoms with Crippen LogP contribution in [0.3, 0.4) is 0 Å². The number of hydrogen-bond acceptors (Lipinski definition) is 3. The van der Waals surface area contributed by atoms with Crippen LogP contribution < -0.4 is 15.8 Å². The summed E-state index contributed by atoms with van der Waals surface area (Å²) in [5.41, 5.74) is 5.35. The Morgan fingerprint density at radius 3 is 2.85 bits per heavy atom. The quantitative estimate of drug-likeness (QED) is 0.393. The van der Waals surface area contributed by atoms with Crippen molar-refractivity contribution in [3.63, 3.8) is 0 Å². The number of nitrogens with two attached hydrogens (primary N) is 1. The molecule has 0 bridgehead atoms. The Balaban J connectivity index is 1.73. The number of nitrogens with one attached hydrogen (secondary N) is 1. The largest absolute Gasteiger partial charge is 0.494 e. The van der Waals surface area contributed by atoms with E-state index in [0.29, 0.717) is 31.2 Å². The number of amides is 1. The Kier molecular flexibility index (Phi) is 8.87. The molecule has 1 aromatic rings. The van der Waals surface area contributed by atoms with E-state index >= 15 is 0 Å². The molecule has 1 aliphatic rings. The summed E-state index contributed by atoms with van der Waals surface area (Å²) >= 11 is 0. The molecule has 1 fully saturated rings. The van der Waals surface area contributed by atoms with E-state index in [9.17, 15) is 9.18 Å². The van der Waals surface area contributed by atoms with Crippen LogP contribution in [0.1, 0.15) is 39.0 Å². The second kappa shape index (κ2) is 11.4. The van der Waals surface area contributed by atoms with Gasteiger partial charge in [0.2, 0.25) is 5.91 Å². The van der Waals surface area contributed by atoms with Gasteiger partial charge in [0.25, 0.3) is 0 Å². The van der Waals surface area contributed by atoms with Crippen molar-refractivity contribution in [2.75, 3.05) is 32.8 Å². The molecule has 1 atom stereocenters. The van der Waals surface area contributed by atoms with Crippen LogP contribution in [0.15, 0.2) is 29.3 Å². The first-order valence-electron chi connectivity index (χ1n) is 9.78. The summed E-state index contributed by atoms with van der Waals surface area (Å²) in [7, 11) is 0. The van der Waals surface area contributed by atoms with Gasteiger partial charge < -0.3 is 20.7 Å². The number of piperidine rings is 1. The van der Waals surface area contributed by atoms with Gasteiger partial charge in [-0.1, -0.05) is 0 Å². The van der Waals surface area contributed by atoms with Gasteiger partial charge in [-0.15, -0.1) is 0 Å². The number of carbonyl (C=O) groups is 1. The Morgan fingerprint density at radius 2 is 2.15 bits per heavy atom. The zero-order chi connectivity index (χ0) is 19.5. The number of primary amides is 1. The number of rotatable bonds is 9. The minimum atomic E-state index is -0.261. The lowest BCUT2D eigenvalue weighted by atomic mass is 9.95. The highest BCUT2D eigenvalue weighted by Gasteiger charge is 2.23. The van der Waals surface area contributed by atoms with E-state index in [4.69, 9.17) is 15.5 Å². The number of benzene rings is 1. The third-order valence-corrected chi connectivity index (χ3v) is 4.54. The molecular formula is C20H31FN4O2. The average molecular weight is 378 g/mol. The minimum absolute atomic E-state index is 0.232. The van der Waals surface area contributed by atoms with Crippen molar-refractivity contribution in [1.82, 2.24) is 10.2 Å². The highest BCUT2D eigenvalue weighted by Crippen LogP contribution is 2.19. The maximum atomic E-state index is 12.9. The Labute approximate surface area is 161 Å². The summed E-state index contributed by atoms with van der Waals surface area (Å²) in [6, 6.07) is 6.06. The third-order valence-electron chi connectivity index (χ3n) is 4.54. The number of halogens is 1. The number of aliphatic imine (C=N–C) groups is 1. The molecule has 0 aliphatic carbocycles. The maximum absolute atomic E-state index is 12.9. The minimum Gasteiger partial charge on any atom is -0.494 e. The summed E-state index contributed by atoms with van der Waals surface area (Å²) < 4.78 is 18.4. The van der Waals surface area contributed by atoms with E-state index in [0.717, 1.165) is 51.3 Å². The van der Waals surface area contributed by atoms with E-state index in [1.165, 1.54) is 12.1 Å². The molecule has 1 aromatic carbocycles. The first-order valence-corrected chi connectivity index (χ1v) is 9.78. The summed E-state index contributed by atoms with van der Waals surface area (Å²) in [6.45, 7) is 5.94. The zero-order valence-corrected chi connectivity index (χ0v) is 16.1. The van der Waals surface area contributed by atoms with Crippen LogP contribution in [0.5, 0.6) is 5.75 Å². The predicted octanol–water partition coefficient (Wildman–Crippen LogP) is 2.54. The average Bonchev–Trinajstić information content (AvgIpc) is 2.65. The summed E-state index contributed by atoms with van der Waals surface area (Å²) in [5, 5.41) is 3.34. The van der Waals surface area contributed by atoms with Crippen molar-refractivity contribution in [2.45, 2.75) is 39.0 Å². The fourth-order valence-electron chi connectivity index (χ4n) is 3.25. The third kappa shape index (κ3) is 7.85. The monoisotopic (exact) mass is 378 g/mol. The van der Waals surface area contributed by atoms with Gasteiger partial charge in [0.1, 0.15) is 11.6 Å². The van der Waals surface area contributed by atoms with Gasteiger partial charge in [0, 0.05) is 32.6 Å². The molecule has 1 amide bonds. The van der Waals surface area contributed by atoms with Crippen LogP contribution in [0.4, 0.5) is 4.39 Å². The van der Waals surface area contributed by atoms with Crippen LogP contribution in [-0.4, -0.2) is 49.6 Å². The zero-order valence-electron chi connectivity index (χ0n) is 16.1. The summed E-state index contributed by atoms with van der Waals surface area (Å²) in [6.07, 6.45) is 4.32. The topological polar surface area (TPSA) is 80.0 Å². The second-order valence-corrected chi connectivity index (χ2v) is 6.87. The van der Waals surface area contributed by atoms with Crippen molar-refractivity contribution < 1.29 is 13.9 Å². The first kappa shape index (κ1) is 21.0. The molecule has 150 valence electrons. The molecule has 0 radical (unpaired) electrons. The molecule has 1 saturated heterocycles. The second-order valence-electron chi connectivity index (χ2n) is 6.87. The fourth-order valence-corrected chi connectivity index (χ4v) is 3.25. The molecule has 1 unspecified atom stereocenters. The number of ether oxygens (including phenoxy) is 1. The lowest BCUT2D eigenvalue weighted by Crippen LogP contribution is -2.47. The molecule has 1 heterocycles. The van der Waals surface area contributed by atoms with Gasteiger partial charge in [0.05, 0.1) is 6.61 Å². The Hall–Kier alpha value is -2.31. The van der Waals surface area contributed by atoms with E-state index < -0.39 is 0 Å². The standard InChI is InChI=1S/C20H31FN4O2/c1-2-23-20(25-12-5-6-16(15-25)14-19(22)26)24-11-3-4-13-27-18-9-7-17(21)8-10-18/h7-10,16H,2-6,11-15H2,1H3,(H2,22,26)(H,23,24). The van der Waals surface area contributed by atoms with E-state index in [-0.39, 0.29) is 11.7 Å². The van der Waals surface area contributed by atoms with E-state index in [2.05, 4.69) is 17.1 Å². The van der Waals surface area contributed by atoms with Gasteiger partial charge in [-0.2, -0.15) is 0 Å². The van der Waals surface area contributed by atoms with E-state index in [1.807, 2.05) is 0 Å². The molecule has 0 saturated carbocycles. The Bertz CT molecular complexity index is 607. The van der Waals surface area contributed by atoms with Crippen LogP contribution in [0.2, 0.25) is 0 Å². The van der Waals surface area contributed by atoms with Crippen molar-refractivity contribution >= 4 is 11.9 Å². The molecule has 3 N–H and O–H groups in total. The number of nitrogens with zero attached hydrogens (tertiary/aromatic N) is 2. The van der Waals surface area contributed by atoms with Crippen LogP contribution >= 0.6 is 0 Å². The molecule has 27 heavy (non-hydrogen) atoms. The van der Waals surface area contributed by atoms with Gasteiger partial charge in [0.15, 0.2) is 5.96 Å². The molecule has 1 aliphatic heterocycles. The number of guanidine groups is 1. The number of likely N-dealkylation sites (tertiary alicyclic amines) is 1. The number of carbonyl (C=O) groups excluding carboxylic acids is 1. The van der Waals surface area contributed by atoms with Crippen molar-refractivity contribution in [3.05, 3.63) is 30.1 Å². The van der Waals surface area contributed by atoms with Gasteiger partial charge >= 0.3 is 0 Å². The smallest absolute Gasteiger partial charge is 0.217 e. The lowest BCUT2D eigenvalue weighted by Gasteiger charge is -2.34. The maximum Gasteiger partial charge on any atom is 0.217 e. The number of hydrogen-bond donors (Lipinski definition) is 2. The molecule has 0 spiro atoms.